The largest absolute Gasteiger partial charge is 0.303 e. The van der Waals surface area contributed by atoms with Crippen molar-refractivity contribution in [1.82, 2.24) is 15.1 Å². The van der Waals surface area contributed by atoms with E-state index in [0.717, 1.165) is 5.69 Å². The molecule has 1 aromatic rings. The molecular weight excluding hydrogens is 176 g/mol. The van der Waals surface area contributed by atoms with Crippen LogP contribution in [-0.2, 0) is 5.41 Å². The SMILES string of the molecule is CC(C)(C)Nn1cc(C(C)(C)C)nn1. The van der Waals surface area contributed by atoms with E-state index in [9.17, 15) is 0 Å². The molecule has 0 aliphatic carbocycles. The number of nitrogens with one attached hydrogen (secondary N) is 1. The van der Waals surface area contributed by atoms with Gasteiger partial charge in [0.25, 0.3) is 0 Å². The molecule has 0 saturated carbocycles. The minimum Gasteiger partial charge on any atom is -0.303 e. The van der Waals surface area contributed by atoms with Gasteiger partial charge in [0.05, 0.1) is 11.9 Å². The fourth-order valence-electron chi connectivity index (χ4n) is 1.01. The van der Waals surface area contributed by atoms with Crippen LogP contribution < -0.4 is 5.43 Å². The Morgan fingerprint density at radius 1 is 1.14 bits per heavy atom. The second kappa shape index (κ2) is 3.26. The normalized spacial score (nSPS) is 13.0. The molecular formula is C10H20N4. The molecule has 14 heavy (non-hydrogen) atoms. The van der Waals surface area contributed by atoms with E-state index in [2.05, 4.69) is 57.3 Å². The molecule has 0 fully saturated rings. The fourth-order valence-corrected chi connectivity index (χ4v) is 1.01. The zero-order valence-corrected chi connectivity index (χ0v) is 9.92. The summed E-state index contributed by atoms with van der Waals surface area (Å²) in [6, 6.07) is 0. The van der Waals surface area contributed by atoms with Crippen LogP contribution in [-0.4, -0.2) is 20.6 Å². The first-order valence-electron chi connectivity index (χ1n) is 4.89. The van der Waals surface area contributed by atoms with Crippen molar-refractivity contribution >= 4 is 0 Å². The molecule has 0 amide bonds. The van der Waals surface area contributed by atoms with Gasteiger partial charge in [-0.25, -0.2) is 0 Å². The molecule has 4 nitrogen and oxygen atoms in total. The third kappa shape index (κ3) is 3.01. The lowest BCUT2D eigenvalue weighted by Gasteiger charge is -2.21. The number of rotatable bonds is 1. The van der Waals surface area contributed by atoms with Crippen molar-refractivity contribution < 1.29 is 0 Å². The molecule has 80 valence electrons. The molecule has 0 aliphatic heterocycles. The van der Waals surface area contributed by atoms with Gasteiger partial charge in [-0.2, -0.15) is 4.79 Å². The Labute approximate surface area is 85.7 Å². The van der Waals surface area contributed by atoms with Gasteiger partial charge in [-0.15, -0.1) is 5.10 Å². The van der Waals surface area contributed by atoms with Crippen LogP contribution in [0.5, 0.6) is 0 Å². The topological polar surface area (TPSA) is 42.7 Å². The van der Waals surface area contributed by atoms with Crippen molar-refractivity contribution in [3.8, 4) is 0 Å². The monoisotopic (exact) mass is 196 g/mol. The second-order valence-corrected chi connectivity index (χ2v) is 5.66. The maximum Gasteiger partial charge on any atom is 0.0902 e. The van der Waals surface area contributed by atoms with Crippen molar-refractivity contribution in [3.63, 3.8) is 0 Å². The highest BCUT2D eigenvalue weighted by Gasteiger charge is 2.19. The van der Waals surface area contributed by atoms with Crippen LogP contribution in [0.3, 0.4) is 0 Å². The molecule has 0 spiro atoms. The minimum absolute atomic E-state index is 0.00283. The van der Waals surface area contributed by atoms with Crippen LogP contribution in [0, 0.1) is 0 Å². The third-order valence-electron chi connectivity index (χ3n) is 1.71. The lowest BCUT2D eigenvalue weighted by atomic mass is 9.93. The lowest BCUT2D eigenvalue weighted by molar-refractivity contribution is 0.517. The number of hydrogen-bond acceptors (Lipinski definition) is 3. The lowest BCUT2D eigenvalue weighted by Crippen LogP contribution is -2.34. The molecule has 0 aliphatic rings. The van der Waals surface area contributed by atoms with Crippen molar-refractivity contribution in [2.45, 2.75) is 52.5 Å². The smallest absolute Gasteiger partial charge is 0.0902 e. The highest BCUT2D eigenvalue weighted by molar-refractivity contribution is 5.07. The van der Waals surface area contributed by atoms with E-state index in [1.807, 2.05) is 6.20 Å². The van der Waals surface area contributed by atoms with Gasteiger partial charge in [0, 0.05) is 11.0 Å². The second-order valence-electron chi connectivity index (χ2n) is 5.66. The summed E-state index contributed by atoms with van der Waals surface area (Å²) < 4.78 is 0. The predicted molar refractivity (Wildman–Crippen MR) is 57.8 cm³/mol. The van der Waals surface area contributed by atoms with Crippen molar-refractivity contribution in [2.24, 2.45) is 0 Å². The Morgan fingerprint density at radius 3 is 2.07 bits per heavy atom. The molecule has 0 unspecified atom stereocenters. The summed E-state index contributed by atoms with van der Waals surface area (Å²) in [4.78, 5) is 1.68. The van der Waals surface area contributed by atoms with Gasteiger partial charge in [0.1, 0.15) is 0 Å². The van der Waals surface area contributed by atoms with Crippen molar-refractivity contribution in [2.75, 3.05) is 5.43 Å². The summed E-state index contributed by atoms with van der Waals surface area (Å²) in [7, 11) is 0. The quantitative estimate of drug-likeness (QED) is 0.746. The average Bonchev–Trinajstić information content (AvgIpc) is 2.29. The molecule has 1 heterocycles. The summed E-state index contributed by atoms with van der Waals surface area (Å²) in [5, 5.41) is 8.15. The van der Waals surface area contributed by atoms with Crippen LogP contribution in [0.4, 0.5) is 0 Å². The van der Waals surface area contributed by atoms with Crippen LogP contribution >= 0.6 is 0 Å². The fraction of sp³-hybridized carbons (Fsp3) is 0.800. The van der Waals surface area contributed by atoms with E-state index in [-0.39, 0.29) is 11.0 Å². The summed E-state index contributed by atoms with van der Waals surface area (Å²) in [5.41, 5.74) is 4.27. The van der Waals surface area contributed by atoms with Gasteiger partial charge < -0.3 is 5.43 Å². The average molecular weight is 196 g/mol. The van der Waals surface area contributed by atoms with Gasteiger partial charge in [-0.1, -0.05) is 20.8 Å². The standard InChI is InChI=1S/C10H20N4/c1-9(2,3)8-7-14(13-11-8)12-10(4,5)6/h7,12H,1-6H3. The summed E-state index contributed by atoms with van der Waals surface area (Å²) in [6.45, 7) is 12.6. The van der Waals surface area contributed by atoms with Crippen LogP contribution in [0.25, 0.3) is 0 Å². The van der Waals surface area contributed by atoms with E-state index in [0.29, 0.717) is 0 Å². The molecule has 0 saturated heterocycles. The van der Waals surface area contributed by atoms with E-state index >= 15 is 0 Å². The maximum absolute atomic E-state index is 4.12. The van der Waals surface area contributed by atoms with Gasteiger partial charge in [-0.3, -0.25) is 0 Å². The number of nitrogens with zero attached hydrogens (tertiary/aromatic N) is 3. The molecule has 0 radical (unpaired) electrons. The van der Waals surface area contributed by atoms with Crippen LogP contribution in [0.1, 0.15) is 47.2 Å². The Morgan fingerprint density at radius 2 is 1.71 bits per heavy atom. The van der Waals surface area contributed by atoms with Crippen LogP contribution in [0.2, 0.25) is 0 Å². The highest BCUT2D eigenvalue weighted by Crippen LogP contribution is 2.18. The molecule has 0 aromatic carbocycles. The molecule has 4 heteroatoms. The van der Waals surface area contributed by atoms with Crippen molar-refractivity contribution in [3.05, 3.63) is 11.9 Å². The summed E-state index contributed by atoms with van der Waals surface area (Å²) in [6.07, 6.45) is 1.94. The maximum atomic E-state index is 4.12. The molecule has 0 atom stereocenters. The minimum atomic E-state index is 0.00283. The molecule has 0 bridgehead atoms. The first-order chi connectivity index (χ1) is 6.18. The van der Waals surface area contributed by atoms with E-state index < -0.39 is 0 Å². The summed E-state index contributed by atoms with van der Waals surface area (Å²) in [5.74, 6) is 0. The first kappa shape index (κ1) is 11.0. The van der Waals surface area contributed by atoms with E-state index in [4.69, 9.17) is 0 Å². The molecule has 1 aromatic heterocycles. The van der Waals surface area contributed by atoms with Gasteiger partial charge in [0.15, 0.2) is 0 Å². The van der Waals surface area contributed by atoms with Gasteiger partial charge in [-0.05, 0) is 26.0 Å². The van der Waals surface area contributed by atoms with Crippen LogP contribution in [0.15, 0.2) is 6.20 Å². The predicted octanol–water partition coefficient (Wildman–Crippen LogP) is 1.92. The Kier molecular flexibility index (Phi) is 2.56. The zero-order valence-electron chi connectivity index (χ0n) is 9.92. The van der Waals surface area contributed by atoms with Gasteiger partial charge >= 0.3 is 0 Å². The highest BCUT2D eigenvalue weighted by atomic mass is 15.6. The van der Waals surface area contributed by atoms with E-state index in [1.54, 1.807) is 4.79 Å². The third-order valence-corrected chi connectivity index (χ3v) is 1.71. The van der Waals surface area contributed by atoms with Crippen molar-refractivity contribution in [1.29, 1.82) is 0 Å². The molecule has 1 N–H and O–H groups in total. The Bertz CT molecular complexity index is 301. The Hall–Kier alpha value is -1.06. The number of aromatic nitrogens is 3. The Balaban J connectivity index is 2.79. The molecule has 1 rings (SSSR count). The first-order valence-corrected chi connectivity index (χ1v) is 4.89. The zero-order chi connectivity index (χ0) is 11.0. The summed E-state index contributed by atoms with van der Waals surface area (Å²) >= 11 is 0. The van der Waals surface area contributed by atoms with Gasteiger partial charge in [0.2, 0.25) is 0 Å². The number of hydrogen-bond donors (Lipinski definition) is 1. The van der Waals surface area contributed by atoms with E-state index in [1.165, 1.54) is 0 Å².